The molecular weight excluding hydrogens is 414 g/mol. The van der Waals surface area contributed by atoms with Crippen molar-refractivity contribution < 1.29 is 13.2 Å². The van der Waals surface area contributed by atoms with Gasteiger partial charge in [0.05, 0.1) is 6.54 Å². The Morgan fingerprint density at radius 2 is 1.68 bits per heavy atom. The second-order valence-corrected chi connectivity index (χ2v) is 9.58. The van der Waals surface area contributed by atoms with Crippen LogP contribution < -0.4 is 10.0 Å². The molecule has 160 valence electrons. The molecule has 2 aliphatic carbocycles. The van der Waals surface area contributed by atoms with E-state index in [2.05, 4.69) is 26.2 Å². The summed E-state index contributed by atoms with van der Waals surface area (Å²) in [6.45, 7) is 0.387. The predicted octanol–water partition coefficient (Wildman–Crippen LogP) is 2.81. The molecule has 8 nitrogen and oxygen atoms in total. The maximum atomic E-state index is 12.7. The Hall–Kier alpha value is -3.20. The van der Waals surface area contributed by atoms with Crippen LogP contribution in [0.4, 0.5) is 10.5 Å². The smallest absolute Gasteiger partial charge is 0.307 e. The Morgan fingerprint density at radius 1 is 1.00 bits per heavy atom. The zero-order chi connectivity index (χ0) is 21.4. The van der Waals surface area contributed by atoms with Crippen LogP contribution >= 0.6 is 0 Å². The minimum atomic E-state index is -4.18. The summed E-state index contributed by atoms with van der Waals surface area (Å²) in [5.41, 5.74) is 6.56. The highest BCUT2D eigenvalue weighted by atomic mass is 32.2. The number of aromatic nitrogens is 3. The number of amides is 2. The molecule has 0 radical (unpaired) electrons. The van der Waals surface area contributed by atoms with Gasteiger partial charge in [0.2, 0.25) is 0 Å². The molecule has 0 saturated heterocycles. The van der Waals surface area contributed by atoms with E-state index in [4.69, 9.17) is 0 Å². The van der Waals surface area contributed by atoms with Crippen LogP contribution in [0.5, 0.6) is 0 Å². The number of aryl methyl sites for hydroxylation is 2. The Kier molecular flexibility index (Phi) is 4.97. The first-order chi connectivity index (χ1) is 15.0. The van der Waals surface area contributed by atoms with Gasteiger partial charge in [0.25, 0.3) is 5.16 Å². The molecule has 2 amide bonds. The maximum Gasteiger partial charge on any atom is 0.333 e. The SMILES string of the molecule is O=C(Nc1c2c(cc3c1CCC3)CCC2)NS(=O)(=O)c1ncn(Cc2ccccc2)n1. The molecule has 1 heterocycles. The van der Waals surface area contributed by atoms with Crippen LogP contribution in [0, 0.1) is 0 Å². The van der Waals surface area contributed by atoms with Crippen LogP contribution in [0.15, 0.2) is 47.9 Å². The summed E-state index contributed by atoms with van der Waals surface area (Å²) < 4.78 is 28.8. The van der Waals surface area contributed by atoms with Gasteiger partial charge >= 0.3 is 16.1 Å². The van der Waals surface area contributed by atoms with E-state index in [9.17, 15) is 13.2 Å². The molecule has 9 heteroatoms. The maximum absolute atomic E-state index is 12.7. The van der Waals surface area contributed by atoms with E-state index >= 15 is 0 Å². The molecule has 0 atom stereocenters. The summed E-state index contributed by atoms with van der Waals surface area (Å²) in [6, 6.07) is 11.0. The molecule has 0 unspecified atom stereocenters. The lowest BCUT2D eigenvalue weighted by Crippen LogP contribution is -2.35. The third-order valence-corrected chi connectivity index (χ3v) is 7.00. The highest BCUT2D eigenvalue weighted by Gasteiger charge is 2.27. The molecule has 5 rings (SSSR count). The number of benzene rings is 2. The summed E-state index contributed by atoms with van der Waals surface area (Å²) in [4.78, 5) is 16.5. The van der Waals surface area contributed by atoms with Crippen molar-refractivity contribution in [3.05, 3.63) is 70.5 Å². The van der Waals surface area contributed by atoms with Crippen LogP contribution in [0.1, 0.15) is 40.7 Å². The van der Waals surface area contributed by atoms with Crippen molar-refractivity contribution in [1.29, 1.82) is 0 Å². The van der Waals surface area contributed by atoms with Crippen LogP contribution in [-0.2, 0) is 42.3 Å². The highest BCUT2D eigenvalue weighted by Crippen LogP contribution is 2.38. The number of anilines is 1. The number of fused-ring (bicyclic) bond motifs is 2. The Bertz CT molecular complexity index is 1220. The zero-order valence-electron chi connectivity index (χ0n) is 17.0. The molecule has 0 spiro atoms. The summed E-state index contributed by atoms with van der Waals surface area (Å²) >= 11 is 0. The van der Waals surface area contributed by atoms with Crippen molar-refractivity contribution in [1.82, 2.24) is 19.5 Å². The lowest BCUT2D eigenvalue weighted by molar-refractivity contribution is 0.256. The van der Waals surface area contributed by atoms with E-state index in [0.29, 0.717) is 6.54 Å². The van der Waals surface area contributed by atoms with E-state index < -0.39 is 21.2 Å². The van der Waals surface area contributed by atoms with Gasteiger partial charge in [-0.05, 0) is 66.3 Å². The fourth-order valence-corrected chi connectivity index (χ4v) is 5.31. The molecule has 0 fully saturated rings. The monoisotopic (exact) mass is 437 g/mol. The molecule has 2 aliphatic rings. The van der Waals surface area contributed by atoms with Crippen LogP contribution in [0.3, 0.4) is 0 Å². The lowest BCUT2D eigenvalue weighted by Gasteiger charge is -2.16. The van der Waals surface area contributed by atoms with Crippen molar-refractivity contribution in [2.24, 2.45) is 0 Å². The standard InChI is InChI=1S/C22H23N5O3S/c28-21(24-20-18-10-4-8-16(18)12-17-9-5-11-19(17)20)26-31(29,30)22-23-14-27(25-22)13-15-6-2-1-3-7-15/h1-3,6-7,12,14H,4-5,8-11,13H2,(H2,24,26,28). The van der Waals surface area contributed by atoms with Gasteiger partial charge in [-0.15, -0.1) is 5.10 Å². The molecule has 1 aromatic heterocycles. The molecular formula is C22H23N5O3S. The quantitative estimate of drug-likeness (QED) is 0.638. The first-order valence-corrected chi connectivity index (χ1v) is 11.9. The second kappa shape index (κ2) is 7.81. The molecule has 2 aromatic carbocycles. The van der Waals surface area contributed by atoms with Gasteiger partial charge in [0, 0.05) is 5.69 Å². The Morgan fingerprint density at radius 3 is 2.35 bits per heavy atom. The average molecular weight is 438 g/mol. The Balaban J connectivity index is 1.32. The first kappa shape index (κ1) is 19.7. The summed E-state index contributed by atoms with van der Waals surface area (Å²) in [7, 11) is -4.18. The molecule has 0 aliphatic heterocycles. The largest absolute Gasteiger partial charge is 0.333 e. The fourth-order valence-electron chi connectivity index (χ4n) is 4.52. The van der Waals surface area contributed by atoms with Gasteiger partial charge in [-0.3, -0.25) is 0 Å². The first-order valence-electron chi connectivity index (χ1n) is 10.4. The molecule has 31 heavy (non-hydrogen) atoms. The van der Waals surface area contributed by atoms with Gasteiger partial charge in [-0.2, -0.15) is 8.42 Å². The zero-order valence-corrected chi connectivity index (χ0v) is 17.8. The summed E-state index contributed by atoms with van der Waals surface area (Å²) in [5, 5.41) is 6.42. The van der Waals surface area contributed by atoms with Gasteiger partial charge in [-0.25, -0.2) is 19.2 Å². The second-order valence-electron chi connectivity index (χ2n) is 8.00. The van der Waals surface area contributed by atoms with Crippen molar-refractivity contribution in [3.8, 4) is 0 Å². The fraction of sp³-hybridized carbons (Fsp3) is 0.318. The highest BCUT2D eigenvalue weighted by molar-refractivity contribution is 7.89. The number of nitrogens with one attached hydrogen (secondary N) is 2. The lowest BCUT2D eigenvalue weighted by atomic mass is 9.99. The average Bonchev–Trinajstić information content (AvgIpc) is 3.48. The number of carbonyl (C=O) groups is 1. The van der Waals surface area contributed by atoms with Crippen molar-refractivity contribution in [2.45, 2.75) is 50.2 Å². The number of hydrogen-bond acceptors (Lipinski definition) is 5. The number of carbonyl (C=O) groups excluding carboxylic acids is 1. The molecule has 3 aromatic rings. The number of nitrogens with zero attached hydrogens (tertiary/aromatic N) is 3. The van der Waals surface area contributed by atoms with E-state index in [1.54, 1.807) is 0 Å². The number of rotatable bonds is 5. The van der Waals surface area contributed by atoms with Crippen molar-refractivity contribution in [2.75, 3.05) is 5.32 Å². The van der Waals surface area contributed by atoms with Crippen LogP contribution in [0.2, 0.25) is 0 Å². The normalized spacial score (nSPS) is 14.8. The van der Waals surface area contributed by atoms with Gasteiger partial charge in [0.15, 0.2) is 0 Å². The summed E-state index contributed by atoms with van der Waals surface area (Å²) in [5.74, 6) is 0. The van der Waals surface area contributed by atoms with E-state index in [1.807, 2.05) is 30.3 Å². The van der Waals surface area contributed by atoms with Crippen molar-refractivity contribution >= 4 is 21.7 Å². The summed E-state index contributed by atoms with van der Waals surface area (Å²) in [6.07, 6.45) is 7.24. The minimum absolute atomic E-state index is 0.387. The Labute approximate surface area is 180 Å². The molecule has 0 bridgehead atoms. The predicted molar refractivity (Wildman–Crippen MR) is 115 cm³/mol. The topological polar surface area (TPSA) is 106 Å². The van der Waals surface area contributed by atoms with Crippen LogP contribution in [-0.4, -0.2) is 29.2 Å². The number of sulfonamides is 1. The minimum Gasteiger partial charge on any atom is -0.307 e. The van der Waals surface area contributed by atoms with E-state index in [1.165, 1.54) is 22.1 Å². The van der Waals surface area contributed by atoms with E-state index in [-0.39, 0.29) is 0 Å². The van der Waals surface area contributed by atoms with E-state index in [0.717, 1.165) is 60.9 Å². The molecule has 2 N–H and O–H groups in total. The number of hydrogen-bond donors (Lipinski definition) is 2. The van der Waals surface area contributed by atoms with Crippen molar-refractivity contribution in [3.63, 3.8) is 0 Å². The van der Waals surface area contributed by atoms with Gasteiger partial charge in [-0.1, -0.05) is 36.4 Å². The third-order valence-electron chi connectivity index (χ3n) is 5.88. The third kappa shape index (κ3) is 3.93. The van der Waals surface area contributed by atoms with Crippen LogP contribution in [0.25, 0.3) is 0 Å². The number of urea groups is 1. The molecule has 0 saturated carbocycles. The van der Waals surface area contributed by atoms with Gasteiger partial charge < -0.3 is 5.32 Å². The van der Waals surface area contributed by atoms with Gasteiger partial charge in [0.1, 0.15) is 6.33 Å².